The van der Waals surface area contributed by atoms with E-state index in [1.807, 2.05) is 0 Å². The van der Waals surface area contributed by atoms with Gasteiger partial charge in [-0.25, -0.2) is 13.1 Å². The van der Waals surface area contributed by atoms with Gasteiger partial charge < -0.3 is 4.74 Å². The van der Waals surface area contributed by atoms with Crippen LogP contribution in [0.25, 0.3) is 0 Å². The highest BCUT2D eigenvalue weighted by molar-refractivity contribution is 7.89. The van der Waals surface area contributed by atoms with Crippen LogP contribution in [0.3, 0.4) is 0 Å². The molecule has 1 aromatic carbocycles. The lowest BCUT2D eigenvalue weighted by Crippen LogP contribution is -2.32. The smallest absolute Gasteiger partial charge is 0.289 e. The Kier molecular flexibility index (Phi) is 5.05. The van der Waals surface area contributed by atoms with E-state index in [2.05, 4.69) is 4.72 Å². The molecular weight excluding hydrogens is 343 g/mol. The van der Waals surface area contributed by atoms with Crippen LogP contribution < -0.4 is 4.72 Å². The number of hydrogen-bond acceptors (Lipinski definition) is 5. The van der Waals surface area contributed by atoms with Crippen LogP contribution in [0.1, 0.15) is 12.8 Å². The molecule has 1 aliphatic heterocycles. The molecule has 0 amide bonds. The van der Waals surface area contributed by atoms with Gasteiger partial charge >= 0.3 is 0 Å². The van der Waals surface area contributed by atoms with Gasteiger partial charge in [0.1, 0.15) is 9.92 Å². The molecule has 0 radical (unpaired) electrons. The van der Waals surface area contributed by atoms with Gasteiger partial charge in [-0.2, -0.15) is 0 Å². The number of nitro benzene ring substituents is 1. The molecule has 1 atom stereocenters. The van der Waals surface area contributed by atoms with E-state index in [0.717, 1.165) is 25.0 Å². The van der Waals surface area contributed by atoms with Crippen LogP contribution in [0.15, 0.2) is 17.0 Å². The molecular formula is C11H12Cl2N2O5S. The van der Waals surface area contributed by atoms with Crippen molar-refractivity contribution in [1.29, 1.82) is 0 Å². The standard InChI is InChI=1S/C11H12Cl2N2O5S/c12-8-3-4-9(15(16)17)10(13)11(8)21(18,19)14-6-7-2-1-5-20-7/h3-4,7,14H,1-2,5-6H2. The zero-order chi connectivity index (χ0) is 15.6. The largest absolute Gasteiger partial charge is 0.377 e. The lowest BCUT2D eigenvalue weighted by molar-refractivity contribution is -0.384. The average molecular weight is 355 g/mol. The van der Waals surface area contributed by atoms with Gasteiger partial charge in [0.15, 0.2) is 0 Å². The first-order valence-electron chi connectivity index (χ1n) is 6.06. The van der Waals surface area contributed by atoms with Crippen molar-refractivity contribution in [2.45, 2.75) is 23.8 Å². The molecule has 21 heavy (non-hydrogen) atoms. The first-order valence-corrected chi connectivity index (χ1v) is 8.30. The zero-order valence-corrected chi connectivity index (χ0v) is 13.0. The van der Waals surface area contributed by atoms with E-state index in [4.69, 9.17) is 27.9 Å². The van der Waals surface area contributed by atoms with Crippen LogP contribution in [0.2, 0.25) is 10.0 Å². The summed E-state index contributed by atoms with van der Waals surface area (Å²) in [5, 5.41) is 10.1. The van der Waals surface area contributed by atoms with Crippen molar-refractivity contribution >= 4 is 38.9 Å². The van der Waals surface area contributed by atoms with Gasteiger partial charge in [-0.15, -0.1) is 0 Å². The van der Waals surface area contributed by atoms with Crippen LogP contribution in [0, 0.1) is 10.1 Å². The molecule has 7 nitrogen and oxygen atoms in total. The van der Waals surface area contributed by atoms with Crippen molar-refractivity contribution in [2.75, 3.05) is 13.2 Å². The van der Waals surface area contributed by atoms with Gasteiger partial charge in [0.05, 0.1) is 16.0 Å². The second kappa shape index (κ2) is 6.45. The van der Waals surface area contributed by atoms with Crippen LogP contribution in [-0.2, 0) is 14.8 Å². The maximum Gasteiger partial charge on any atom is 0.289 e. The topological polar surface area (TPSA) is 98.5 Å². The van der Waals surface area contributed by atoms with E-state index in [1.54, 1.807) is 0 Å². The molecule has 1 heterocycles. The molecule has 0 saturated carbocycles. The number of hydrogen-bond donors (Lipinski definition) is 1. The molecule has 0 bridgehead atoms. The molecule has 1 aliphatic rings. The fourth-order valence-corrected chi connectivity index (χ4v) is 4.25. The van der Waals surface area contributed by atoms with Gasteiger partial charge in [0.25, 0.3) is 5.69 Å². The summed E-state index contributed by atoms with van der Waals surface area (Å²) in [5.41, 5.74) is -0.515. The molecule has 1 fully saturated rings. The quantitative estimate of drug-likeness (QED) is 0.646. The van der Waals surface area contributed by atoms with Crippen LogP contribution in [0.5, 0.6) is 0 Å². The molecule has 0 spiro atoms. The van der Waals surface area contributed by atoms with Crippen molar-refractivity contribution in [2.24, 2.45) is 0 Å². The monoisotopic (exact) mass is 354 g/mol. The minimum Gasteiger partial charge on any atom is -0.377 e. The summed E-state index contributed by atoms with van der Waals surface area (Å²) in [4.78, 5) is 9.57. The average Bonchev–Trinajstić information content (AvgIpc) is 2.89. The molecule has 10 heteroatoms. The second-order valence-electron chi connectivity index (χ2n) is 4.45. The minimum absolute atomic E-state index is 0.0671. The Morgan fingerprint density at radius 1 is 1.43 bits per heavy atom. The fraction of sp³-hybridized carbons (Fsp3) is 0.455. The third-order valence-corrected chi connectivity index (χ3v) is 5.45. The van der Waals surface area contributed by atoms with Gasteiger partial charge in [-0.05, 0) is 18.9 Å². The molecule has 1 N–H and O–H groups in total. The Morgan fingerprint density at radius 3 is 2.71 bits per heavy atom. The van der Waals surface area contributed by atoms with E-state index in [1.165, 1.54) is 0 Å². The van der Waals surface area contributed by atoms with Crippen LogP contribution in [-0.4, -0.2) is 32.6 Å². The third kappa shape index (κ3) is 3.64. The van der Waals surface area contributed by atoms with Crippen molar-refractivity contribution in [1.82, 2.24) is 4.72 Å². The predicted octanol–water partition coefficient (Wildman–Crippen LogP) is 2.36. The summed E-state index contributed by atoms with van der Waals surface area (Å²) >= 11 is 11.6. The van der Waals surface area contributed by atoms with Crippen LogP contribution >= 0.6 is 23.2 Å². The molecule has 0 aromatic heterocycles. The number of rotatable bonds is 5. The normalized spacial score (nSPS) is 18.9. The number of nitro groups is 1. The summed E-state index contributed by atoms with van der Waals surface area (Å²) in [7, 11) is -4.06. The number of benzene rings is 1. The Morgan fingerprint density at radius 2 is 2.14 bits per heavy atom. The number of nitrogens with one attached hydrogen (secondary N) is 1. The molecule has 1 unspecified atom stereocenters. The van der Waals surface area contributed by atoms with Crippen molar-refractivity contribution in [3.05, 3.63) is 32.3 Å². The highest BCUT2D eigenvalue weighted by atomic mass is 35.5. The van der Waals surface area contributed by atoms with Gasteiger partial charge in [0, 0.05) is 19.2 Å². The Labute approximate surface area is 131 Å². The Hall–Kier alpha value is -0.930. The molecule has 1 saturated heterocycles. The molecule has 1 aromatic rings. The lowest BCUT2D eigenvalue weighted by atomic mass is 10.2. The third-order valence-electron chi connectivity index (χ3n) is 3.02. The van der Waals surface area contributed by atoms with Gasteiger partial charge in [0.2, 0.25) is 10.0 Å². The lowest BCUT2D eigenvalue weighted by Gasteiger charge is -2.13. The predicted molar refractivity (Wildman–Crippen MR) is 77.3 cm³/mol. The zero-order valence-electron chi connectivity index (χ0n) is 10.7. The summed E-state index contributed by atoms with van der Waals surface area (Å²) in [5.74, 6) is 0. The summed E-state index contributed by atoms with van der Waals surface area (Å²) in [6, 6.07) is 2.19. The Balaban J connectivity index is 2.30. The van der Waals surface area contributed by atoms with Gasteiger partial charge in [-0.3, -0.25) is 10.1 Å². The Bertz CT molecular complexity index is 659. The first-order chi connectivity index (χ1) is 9.83. The summed E-state index contributed by atoms with van der Waals surface area (Å²) < 4.78 is 32.1. The fourth-order valence-electron chi connectivity index (χ4n) is 1.99. The minimum atomic E-state index is -4.06. The van der Waals surface area contributed by atoms with E-state index in [9.17, 15) is 18.5 Å². The van der Waals surface area contributed by atoms with E-state index >= 15 is 0 Å². The highest BCUT2D eigenvalue weighted by Gasteiger charge is 2.29. The number of sulfonamides is 1. The SMILES string of the molecule is O=[N+]([O-])c1ccc(Cl)c(S(=O)(=O)NCC2CCCO2)c1Cl. The maximum atomic E-state index is 12.2. The van der Waals surface area contributed by atoms with Crippen molar-refractivity contribution in [3.63, 3.8) is 0 Å². The van der Waals surface area contributed by atoms with E-state index in [-0.39, 0.29) is 17.7 Å². The first kappa shape index (κ1) is 16.4. The number of halogens is 2. The van der Waals surface area contributed by atoms with Crippen LogP contribution in [0.4, 0.5) is 5.69 Å². The summed E-state index contributed by atoms with van der Waals surface area (Å²) in [6.07, 6.45) is 1.40. The molecule has 116 valence electrons. The van der Waals surface area contributed by atoms with E-state index in [0.29, 0.717) is 6.61 Å². The highest BCUT2D eigenvalue weighted by Crippen LogP contribution is 2.36. The molecule has 2 rings (SSSR count). The van der Waals surface area contributed by atoms with Crippen molar-refractivity contribution < 1.29 is 18.1 Å². The van der Waals surface area contributed by atoms with E-state index < -0.39 is 30.6 Å². The van der Waals surface area contributed by atoms with Crippen molar-refractivity contribution in [3.8, 4) is 0 Å². The number of nitrogens with zero attached hydrogens (tertiary/aromatic N) is 1. The second-order valence-corrected chi connectivity index (χ2v) is 6.94. The summed E-state index contributed by atoms with van der Waals surface area (Å²) in [6.45, 7) is 0.655. The maximum absolute atomic E-state index is 12.2. The molecule has 0 aliphatic carbocycles. The number of ether oxygens (including phenoxy) is 1. The van der Waals surface area contributed by atoms with Gasteiger partial charge in [-0.1, -0.05) is 23.2 Å².